The van der Waals surface area contributed by atoms with Gasteiger partial charge in [0.2, 0.25) is 0 Å². The van der Waals surface area contributed by atoms with Crippen molar-refractivity contribution in [2.24, 2.45) is 0 Å². The molecule has 1 fully saturated rings. The molecule has 1 aliphatic heterocycles. The predicted octanol–water partition coefficient (Wildman–Crippen LogP) is 3.17. The Morgan fingerprint density at radius 2 is 1.71 bits per heavy atom. The Bertz CT molecular complexity index is 582. The summed E-state index contributed by atoms with van der Waals surface area (Å²) in [6.07, 6.45) is -0.443. The molecule has 110 valence electrons. The molecule has 0 aliphatic carbocycles. The Morgan fingerprint density at radius 3 is 2.33 bits per heavy atom. The largest absolute Gasteiger partial charge is 0.497 e. The zero-order chi connectivity index (χ0) is 14.8. The van der Waals surface area contributed by atoms with Crippen molar-refractivity contribution in [3.05, 3.63) is 65.7 Å². The summed E-state index contributed by atoms with van der Waals surface area (Å²) in [4.78, 5) is 2.32. The summed E-state index contributed by atoms with van der Waals surface area (Å²) in [7, 11) is 1.65. The lowest BCUT2D eigenvalue weighted by atomic mass is 10.1. The second-order valence-corrected chi connectivity index (χ2v) is 5.57. The lowest BCUT2D eigenvalue weighted by molar-refractivity contribution is 0.151. The van der Waals surface area contributed by atoms with E-state index in [9.17, 15) is 5.11 Å². The van der Waals surface area contributed by atoms with Crippen LogP contribution in [-0.2, 0) is 0 Å². The molecule has 1 saturated heterocycles. The van der Waals surface area contributed by atoms with Crippen LogP contribution in [0.1, 0.15) is 30.2 Å². The maximum absolute atomic E-state index is 10.5. The van der Waals surface area contributed by atoms with Crippen LogP contribution in [0, 0.1) is 0 Å². The molecule has 0 aromatic heterocycles. The number of nitrogens with zero attached hydrogens (tertiary/aromatic N) is 1. The highest BCUT2D eigenvalue weighted by atomic mass is 16.5. The van der Waals surface area contributed by atoms with Crippen LogP contribution in [0.3, 0.4) is 0 Å². The standard InChI is InChI=1S/C18H21NO2/c1-13(14-6-4-3-5-7-14)19-12-17(19)18(20)15-8-10-16(21-2)11-9-15/h3-11,13,17-18,20H,12H2,1-2H3/t13-,17+,18-,19?/m1/s1. The molecule has 3 nitrogen and oxygen atoms in total. The first-order valence-corrected chi connectivity index (χ1v) is 7.33. The molecule has 3 rings (SSSR count). The molecule has 21 heavy (non-hydrogen) atoms. The van der Waals surface area contributed by atoms with Crippen LogP contribution in [-0.4, -0.2) is 29.7 Å². The van der Waals surface area contributed by atoms with Gasteiger partial charge in [-0.2, -0.15) is 0 Å². The van der Waals surface area contributed by atoms with E-state index in [4.69, 9.17) is 4.74 Å². The Morgan fingerprint density at radius 1 is 1.05 bits per heavy atom. The van der Waals surface area contributed by atoms with Gasteiger partial charge in [0.05, 0.1) is 19.3 Å². The molecule has 1 N–H and O–H groups in total. The summed E-state index contributed by atoms with van der Waals surface area (Å²) in [5.74, 6) is 0.816. The molecule has 0 saturated carbocycles. The number of hydrogen-bond donors (Lipinski definition) is 1. The number of benzene rings is 2. The fourth-order valence-corrected chi connectivity index (χ4v) is 2.84. The van der Waals surface area contributed by atoms with Crippen molar-refractivity contribution >= 4 is 0 Å². The smallest absolute Gasteiger partial charge is 0.118 e. The third-order valence-corrected chi connectivity index (χ3v) is 4.29. The molecule has 0 radical (unpaired) electrons. The van der Waals surface area contributed by atoms with E-state index in [1.807, 2.05) is 30.3 Å². The molecule has 0 amide bonds. The van der Waals surface area contributed by atoms with Crippen molar-refractivity contribution in [2.45, 2.75) is 25.1 Å². The first-order chi connectivity index (χ1) is 10.2. The fraction of sp³-hybridized carbons (Fsp3) is 0.333. The van der Waals surface area contributed by atoms with E-state index in [1.54, 1.807) is 7.11 Å². The van der Waals surface area contributed by atoms with E-state index >= 15 is 0 Å². The maximum Gasteiger partial charge on any atom is 0.118 e. The highest BCUT2D eigenvalue weighted by Crippen LogP contribution is 2.38. The van der Waals surface area contributed by atoms with Gasteiger partial charge in [-0.05, 0) is 30.2 Å². The molecule has 3 heteroatoms. The summed E-state index contributed by atoms with van der Waals surface area (Å²) >= 11 is 0. The quantitative estimate of drug-likeness (QED) is 0.855. The lowest BCUT2D eigenvalue weighted by Crippen LogP contribution is -2.14. The molecular formula is C18H21NO2. The zero-order valence-electron chi connectivity index (χ0n) is 12.4. The highest BCUT2D eigenvalue weighted by Gasteiger charge is 2.43. The minimum Gasteiger partial charge on any atom is -0.497 e. The summed E-state index contributed by atoms with van der Waals surface area (Å²) in [6, 6.07) is 18.6. The fourth-order valence-electron chi connectivity index (χ4n) is 2.84. The van der Waals surface area contributed by atoms with Gasteiger partial charge < -0.3 is 9.84 Å². The number of ether oxygens (including phenoxy) is 1. The van der Waals surface area contributed by atoms with Gasteiger partial charge in [0.1, 0.15) is 5.75 Å². The second-order valence-electron chi connectivity index (χ2n) is 5.57. The molecule has 1 heterocycles. The molecule has 0 bridgehead atoms. The number of hydrogen-bond acceptors (Lipinski definition) is 3. The zero-order valence-corrected chi connectivity index (χ0v) is 12.4. The van der Waals surface area contributed by atoms with Crippen LogP contribution < -0.4 is 4.74 Å². The van der Waals surface area contributed by atoms with Crippen molar-refractivity contribution in [3.63, 3.8) is 0 Å². The Balaban J connectivity index is 1.66. The van der Waals surface area contributed by atoms with Crippen molar-refractivity contribution in [1.82, 2.24) is 4.90 Å². The van der Waals surface area contributed by atoms with E-state index < -0.39 is 6.10 Å². The van der Waals surface area contributed by atoms with E-state index in [1.165, 1.54) is 5.56 Å². The number of rotatable bonds is 5. The molecule has 2 aromatic rings. The van der Waals surface area contributed by atoms with Crippen LogP contribution in [0.25, 0.3) is 0 Å². The lowest BCUT2D eigenvalue weighted by Gasteiger charge is -2.17. The Hall–Kier alpha value is -1.84. The van der Waals surface area contributed by atoms with Crippen LogP contribution in [0.4, 0.5) is 0 Å². The maximum atomic E-state index is 10.5. The van der Waals surface area contributed by atoms with Gasteiger partial charge >= 0.3 is 0 Å². The Kier molecular flexibility index (Phi) is 3.95. The molecule has 1 aliphatic rings. The number of methoxy groups -OCH3 is 1. The van der Waals surface area contributed by atoms with Gasteiger partial charge in [0.15, 0.2) is 0 Å². The average molecular weight is 283 g/mol. The van der Waals surface area contributed by atoms with E-state index in [0.717, 1.165) is 17.9 Å². The normalized spacial score (nSPS) is 23.4. The molecule has 0 spiro atoms. The van der Waals surface area contributed by atoms with Crippen LogP contribution in [0.15, 0.2) is 54.6 Å². The average Bonchev–Trinajstić information content (AvgIpc) is 3.35. The SMILES string of the molecule is COc1ccc([C@@H](O)[C@@H]2CN2[C@H](C)c2ccccc2)cc1. The van der Waals surface area contributed by atoms with Gasteiger partial charge in [-0.25, -0.2) is 0 Å². The number of aliphatic hydroxyl groups excluding tert-OH is 1. The van der Waals surface area contributed by atoms with Gasteiger partial charge in [0.25, 0.3) is 0 Å². The first-order valence-electron chi connectivity index (χ1n) is 7.33. The summed E-state index contributed by atoms with van der Waals surface area (Å²) in [6.45, 7) is 3.12. The van der Waals surface area contributed by atoms with Crippen LogP contribution in [0.2, 0.25) is 0 Å². The summed E-state index contributed by atoms with van der Waals surface area (Å²) in [5, 5.41) is 10.5. The van der Waals surface area contributed by atoms with Crippen molar-refractivity contribution in [1.29, 1.82) is 0 Å². The Labute approximate surface area is 125 Å². The minimum atomic E-state index is -0.443. The molecule has 4 atom stereocenters. The number of aliphatic hydroxyl groups is 1. The van der Waals surface area contributed by atoms with Crippen molar-refractivity contribution < 1.29 is 9.84 Å². The van der Waals surface area contributed by atoms with Gasteiger partial charge in [0, 0.05) is 12.6 Å². The first kappa shape index (κ1) is 14.1. The second kappa shape index (κ2) is 5.88. The van der Waals surface area contributed by atoms with Gasteiger partial charge in [-0.3, -0.25) is 4.90 Å². The van der Waals surface area contributed by atoms with E-state index in [-0.39, 0.29) is 6.04 Å². The van der Waals surface area contributed by atoms with Gasteiger partial charge in [-0.1, -0.05) is 42.5 Å². The van der Waals surface area contributed by atoms with Crippen molar-refractivity contribution in [3.8, 4) is 5.75 Å². The van der Waals surface area contributed by atoms with Crippen molar-refractivity contribution in [2.75, 3.05) is 13.7 Å². The molecule has 2 aromatic carbocycles. The third-order valence-electron chi connectivity index (χ3n) is 4.29. The van der Waals surface area contributed by atoms with E-state index in [0.29, 0.717) is 6.04 Å². The monoisotopic (exact) mass is 283 g/mol. The topological polar surface area (TPSA) is 32.5 Å². The molecular weight excluding hydrogens is 262 g/mol. The summed E-state index contributed by atoms with van der Waals surface area (Å²) in [5.41, 5.74) is 2.24. The van der Waals surface area contributed by atoms with Gasteiger partial charge in [-0.15, -0.1) is 0 Å². The summed E-state index contributed by atoms with van der Waals surface area (Å²) < 4.78 is 5.15. The predicted molar refractivity (Wildman–Crippen MR) is 83.3 cm³/mol. The molecule has 1 unspecified atom stereocenters. The van der Waals surface area contributed by atoms with Crippen LogP contribution >= 0.6 is 0 Å². The minimum absolute atomic E-state index is 0.202. The van der Waals surface area contributed by atoms with E-state index in [2.05, 4.69) is 36.1 Å². The third kappa shape index (κ3) is 2.94. The van der Waals surface area contributed by atoms with Crippen LogP contribution in [0.5, 0.6) is 5.75 Å². The highest BCUT2D eigenvalue weighted by molar-refractivity contribution is 5.30.